The SMILES string of the molecule is COC(C)(C)CCn1nc(I)c(=O)c2cccc(F)c21. The van der Waals surface area contributed by atoms with Gasteiger partial charge in [-0.1, -0.05) is 6.07 Å². The van der Waals surface area contributed by atoms with E-state index < -0.39 is 5.82 Å². The van der Waals surface area contributed by atoms with E-state index >= 15 is 0 Å². The van der Waals surface area contributed by atoms with Gasteiger partial charge < -0.3 is 4.74 Å². The number of hydrogen-bond donors (Lipinski definition) is 0. The van der Waals surface area contributed by atoms with Gasteiger partial charge in [-0.05, 0) is 55.0 Å². The van der Waals surface area contributed by atoms with Gasteiger partial charge >= 0.3 is 0 Å². The quantitative estimate of drug-likeness (QED) is 0.755. The van der Waals surface area contributed by atoms with E-state index in [0.717, 1.165) is 0 Å². The summed E-state index contributed by atoms with van der Waals surface area (Å²) in [6.07, 6.45) is 0.666. The van der Waals surface area contributed by atoms with E-state index in [9.17, 15) is 9.18 Å². The molecule has 0 aliphatic heterocycles. The van der Waals surface area contributed by atoms with Crippen LogP contribution in [0.2, 0.25) is 0 Å². The second-order valence-electron chi connectivity index (χ2n) is 5.19. The zero-order chi connectivity index (χ0) is 14.9. The van der Waals surface area contributed by atoms with Crippen LogP contribution in [0.3, 0.4) is 0 Å². The lowest BCUT2D eigenvalue weighted by Gasteiger charge is -2.23. The first-order valence-electron chi connectivity index (χ1n) is 6.26. The van der Waals surface area contributed by atoms with Gasteiger partial charge in [0.15, 0.2) is 3.70 Å². The van der Waals surface area contributed by atoms with Crippen LogP contribution in [0.25, 0.3) is 10.9 Å². The van der Waals surface area contributed by atoms with Gasteiger partial charge in [-0.2, -0.15) is 5.10 Å². The third-order valence-corrected chi connectivity index (χ3v) is 4.07. The van der Waals surface area contributed by atoms with Crippen molar-refractivity contribution in [1.29, 1.82) is 0 Å². The van der Waals surface area contributed by atoms with Crippen molar-refractivity contribution >= 4 is 33.5 Å². The number of hydrogen-bond acceptors (Lipinski definition) is 3. The van der Waals surface area contributed by atoms with Crippen molar-refractivity contribution in [2.45, 2.75) is 32.4 Å². The lowest BCUT2D eigenvalue weighted by atomic mass is 10.1. The molecule has 108 valence electrons. The van der Waals surface area contributed by atoms with E-state index in [4.69, 9.17) is 4.74 Å². The maximum absolute atomic E-state index is 14.0. The molecule has 1 heterocycles. The van der Waals surface area contributed by atoms with Crippen LogP contribution < -0.4 is 5.43 Å². The maximum Gasteiger partial charge on any atom is 0.221 e. The molecule has 0 spiro atoms. The van der Waals surface area contributed by atoms with Crippen LogP contribution in [0, 0.1) is 9.52 Å². The fraction of sp³-hybridized carbons (Fsp3) is 0.429. The van der Waals surface area contributed by atoms with E-state index in [0.29, 0.717) is 22.1 Å². The summed E-state index contributed by atoms with van der Waals surface area (Å²) in [5, 5.41) is 4.56. The van der Waals surface area contributed by atoms with Gasteiger partial charge in [0.05, 0.1) is 11.0 Å². The molecule has 0 radical (unpaired) electrons. The van der Waals surface area contributed by atoms with Crippen molar-refractivity contribution in [3.63, 3.8) is 0 Å². The number of aromatic nitrogens is 2. The second-order valence-corrected chi connectivity index (χ2v) is 6.21. The summed E-state index contributed by atoms with van der Waals surface area (Å²) < 4.78 is 21.3. The molecule has 6 heteroatoms. The van der Waals surface area contributed by atoms with Crippen molar-refractivity contribution in [1.82, 2.24) is 9.78 Å². The van der Waals surface area contributed by atoms with Crippen LogP contribution in [0.15, 0.2) is 23.0 Å². The summed E-state index contributed by atoms with van der Waals surface area (Å²) in [6, 6.07) is 4.51. The minimum absolute atomic E-state index is 0.234. The predicted octanol–water partition coefficient (Wildman–Crippen LogP) is 2.96. The Kier molecular flexibility index (Phi) is 4.43. The van der Waals surface area contributed by atoms with Crippen LogP contribution in [-0.2, 0) is 11.3 Å². The van der Waals surface area contributed by atoms with E-state index in [-0.39, 0.29) is 16.5 Å². The molecule has 2 rings (SSSR count). The van der Waals surface area contributed by atoms with Gasteiger partial charge in [0.25, 0.3) is 0 Å². The zero-order valence-electron chi connectivity index (χ0n) is 11.6. The van der Waals surface area contributed by atoms with E-state index in [1.54, 1.807) is 23.9 Å². The summed E-state index contributed by atoms with van der Waals surface area (Å²) >= 11 is 1.88. The molecule has 1 aromatic heterocycles. The highest BCUT2D eigenvalue weighted by atomic mass is 127. The highest BCUT2D eigenvalue weighted by Gasteiger charge is 2.18. The molecule has 1 aromatic carbocycles. The first-order chi connectivity index (χ1) is 9.35. The molecular formula is C14H16FIN2O2. The van der Waals surface area contributed by atoms with Gasteiger partial charge in [0, 0.05) is 13.7 Å². The predicted molar refractivity (Wildman–Crippen MR) is 84.4 cm³/mol. The molecule has 0 amide bonds. The molecule has 0 N–H and O–H groups in total. The molecule has 0 aliphatic carbocycles. The molecule has 0 atom stereocenters. The van der Waals surface area contributed by atoms with Crippen molar-refractivity contribution in [3.05, 3.63) is 37.9 Å². The zero-order valence-corrected chi connectivity index (χ0v) is 13.8. The van der Waals surface area contributed by atoms with Crippen molar-refractivity contribution in [3.8, 4) is 0 Å². The second kappa shape index (κ2) is 5.77. The Morgan fingerprint density at radius 2 is 2.15 bits per heavy atom. The van der Waals surface area contributed by atoms with Gasteiger partial charge in [-0.3, -0.25) is 9.48 Å². The number of methoxy groups -OCH3 is 1. The van der Waals surface area contributed by atoms with Crippen molar-refractivity contribution in [2.75, 3.05) is 7.11 Å². The lowest BCUT2D eigenvalue weighted by molar-refractivity contribution is 0.0114. The topological polar surface area (TPSA) is 44.1 Å². The van der Waals surface area contributed by atoms with Crippen molar-refractivity contribution < 1.29 is 9.13 Å². The molecular weight excluding hydrogens is 374 g/mol. The third-order valence-electron chi connectivity index (χ3n) is 3.36. The van der Waals surface area contributed by atoms with E-state index in [1.165, 1.54) is 6.07 Å². The minimum Gasteiger partial charge on any atom is -0.379 e. The molecule has 0 saturated heterocycles. The normalized spacial score (nSPS) is 12.1. The number of benzene rings is 1. The molecule has 0 fully saturated rings. The average molecular weight is 390 g/mol. The number of fused-ring (bicyclic) bond motifs is 1. The summed E-state index contributed by atoms with van der Waals surface area (Å²) in [4.78, 5) is 12.0. The van der Waals surface area contributed by atoms with Crippen LogP contribution in [0.4, 0.5) is 4.39 Å². The average Bonchev–Trinajstić information content (AvgIpc) is 2.41. The Morgan fingerprint density at radius 1 is 1.45 bits per heavy atom. The van der Waals surface area contributed by atoms with Crippen LogP contribution >= 0.6 is 22.6 Å². The third kappa shape index (κ3) is 3.01. The summed E-state index contributed by atoms with van der Waals surface area (Å²) in [7, 11) is 1.64. The number of nitrogens with zero attached hydrogens (tertiary/aromatic N) is 2. The number of halogens is 2. The largest absolute Gasteiger partial charge is 0.379 e. The minimum atomic E-state index is -0.432. The van der Waals surface area contributed by atoms with Crippen molar-refractivity contribution in [2.24, 2.45) is 0 Å². The Balaban J connectivity index is 2.53. The van der Waals surface area contributed by atoms with Gasteiger partial charge in [-0.25, -0.2) is 4.39 Å². The number of rotatable bonds is 4. The fourth-order valence-electron chi connectivity index (χ4n) is 1.91. The molecule has 0 saturated carbocycles. The van der Waals surface area contributed by atoms with E-state index in [2.05, 4.69) is 5.10 Å². The number of aryl methyl sites for hydroxylation is 1. The van der Waals surface area contributed by atoms with E-state index in [1.807, 2.05) is 36.4 Å². The summed E-state index contributed by atoms with van der Waals surface area (Å²) in [6.45, 7) is 4.40. The molecule has 20 heavy (non-hydrogen) atoms. The fourth-order valence-corrected chi connectivity index (χ4v) is 2.46. The Bertz CT molecular complexity index is 697. The highest BCUT2D eigenvalue weighted by Crippen LogP contribution is 2.18. The standard InChI is InChI=1S/C14H16FIN2O2/c1-14(2,20-3)7-8-18-11-9(5-4-6-10(11)15)12(19)13(16)17-18/h4-6H,7-8H2,1-3H3. The summed E-state index contributed by atoms with van der Waals surface area (Å²) in [5.41, 5.74) is -0.305. The molecule has 0 unspecified atom stereocenters. The van der Waals surface area contributed by atoms with Gasteiger partial charge in [0.1, 0.15) is 11.3 Å². The highest BCUT2D eigenvalue weighted by molar-refractivity contribution is 14.1. The Labute approximate surface area is 130 Å². The molecule has 0 aliphatic rings. The smallest absolute Gasteiger partial charge is 0.221 e. The maximum atomic E-state index is 14.0. The van der Waals surface area contributed by atoms with Gasteiger partial charge in [-0.15, -0.1) is 0 Å². The number of ether oxygens (including phenoxy) is 1. The summed E-state index contributed by atoms with van der Waals surface area (Å²) in [5.74, 6) is -0.432. The molecule has 4 nitrogen and oxygen atoms in total. The van der Waals surface area contributed by atoms with Crippen LogP contribution in [-0.4, -0.2) is 22.5 Å². The molecule has 0 bridgehead atoms. The Morgan fingerprint density at radius 3 is 2.80 bits per heavy atom. The number of para-hydroxylation sites is 1. The van der Waals surface area contributed by atoms with Crippen LogP contribution in [0.1, 0.15) is 20.3 Å². The van der Waals surface area contributed by atoms with Crippen LogP contribution in [0.5, 0.6) is 0 Å². The molecule has 2 aromatic rings. The lowest BCUT2D eigenvalue weighted by Crippen LogP contribution is -2.26. The first-order valence-corrected chi connectivity index (χ1v) is 7.33. The Hall–Kier alpha value is -1.02. The first kappa shape index (κ1) is 15.4. The monoisotopic (exact) mass is 390 g/mol. The van der Waals surface area contributed by atoms with Gasteiger partial charge in [0.2, 0.25) is 5.43 Å².